The van der Waals surface area contributed by atoms with Gasteiger partial charge < -0.3 is 0 Å². The number of hydrogen-bond acceptors (Lipinski definition) is 4. The minimum atomic E-state index is -0.917. The first-order chi connectivity index (χ1) is 5.25. The van der Waals surface area contributed by atoms with E-state index >= 15 is 0 Å². The predicted molar refractivity (Wildman–Crippen MR) is 48.9 cm³/mol. The Hall–Kier alpha value is -0.800. The van der Waals surface area contributed by atoms with Crippen molar-refractivity contribution < 1.29 is 0 Å². The molecule has 1 unspecified atom stereocenters. The topological polar surface area (TPSA) is 58.9 Å². The molecule has 4 nitrogen and oxygen atoms in total. The van der Waals surface area contributed by atoms with Crippen LogP contribution in [0.15, 0.2) is 10.4 Å². The van der Waals surface area contributed by atoms with Gasteiger partial charge in [0.05, 0.1) is 0 Å². The van der Waals surface area contributed by atoms with Gasteiger partial charge in [-0.1, -0.05) is 31.1 Å². The zero-order valence-corrected chi connectivity index (χ0v) is 8.29. The van der Waals surface area contributed by atoms with Crippen LogP contribution in [0.2, 0.25) is 0 Å². The molecule has 0 saturated heterocycles. The normalized spacial score (nSPS) is 15.4. The third kappa shape index (κ3) is 2.36. The lowest BCUT2D eigenvalue weighted by atomic mass is 9.77. The molecule has 0 N–H and O–H groups in total. The fourth-order valence-electron chi connectivity index (χ4n) is 1.40. The molecular formula is C8H16N2O2. The van der Waals surface area contributed by atoms with Gasteiger partial charge in [-0.05, 0) is 19.3 Å². The summed E-state index contributed by atoms with van der Waals surface area (Å²) >= 11 is 0. The van der Waals surface area contributed by atoms with Crippen molar-refractivity contribution in [2.24, 2.45) is 15.8 Å². The molecule has 0 saturated carbocycles. The van der Waals surface area contributed by atoms with Crippen LogP contribution >= 0.6 is 0 Å². The van der Waals surface area contributed by atoms with Gasteiger partial charge in [-0.2, -0.15) is 9.81 Å². The van der Waals surface area contributed by atoms with Crippen molar-refractivity contribution in [1.82, 2.24) is 0 Å². The molecule has 0 aliphatic carbocycles. The summed E-state index contributed by atoms with van der Waals surface area (Å²) < 4.78 is 0. The van der Waals surface area contributed by atoms with E-state index < -0.39 is 11.6 Å². The molecule has 0 amide bonds. The van der Waals surface area contributed by atoms with Gasteiger partial charge in [0.1, 0.15) is 11.6 Å². The van der Waals surface area contributed by atoms with E-state index in [-0.39, 0.29) is 5.41 Å². The van der Waals surface area contributed by atoms with Crippen molar-refractivity contribution in [1.29, 1.82) is 0 Å². The van der Waals surface area contributed by atoms with Crippen LogP contribution in [0.1, 0.15) is 34.6 Å². The van der Waals surface area contributed by atoms with Crippen molar-refractivity contribution in [2.75, 3.05) is 0 Å². The quantitative estimate of drug-likeness (QED) is 0.614. The highest BCUT2D eigenvalue weighted by Gasteiger charge is 2.40. The Balaban J connectivity index is 4.79. The zero-order valence-electron chi connectivity index (χ0n) is 8.29. The predicted octanol–water partition coefficient (Wildman–Crippen LogP) is 2.71. The number of hydrogen-bond donors (Lipinski definition) is 0. The third-order valence-electron chi connectivity index (χ3n) is 1.83. The van der Waals surface area contributed by atoms with Gasteiger partial charge in [0, 0.05) is 0 Å². The highest BCUT2D eigenvalue weighted by Crippen LogP contribution is 2.32. The van der Waals surface area contributed by atoms with Crippen LogP contribution in [-0.4, -0.2) is 11.6 Å². The molecule has 1 atom stereocenters. The van der Waals surface area contributed by atoms with E-state index in [4.69, 9.17) is 0 Å². The fourth-order valence-corrected chi connectivity index (χ4v) is 1.40. The first-order valence-corrected chi connectivity index (χ1v) is 3.92. The molecule has 0 aliphatic heterocycles. The van der Waals surface area contributed by atoms with Crippen LogP contribution in [0.25, 0.3) is 0 Å². The SMILES string of the molecule is CC(C)(C)C(N=O)C(C)(C)N=O. The van der Waals surface area contributed by atoms with Crippen molar-refractivity contribution in [2.45, 2.75) is 46.2 Å². The molecule has 0 aromatic carbocycles. The van der Waals surface area contributed by atoms with E-state index in [0.29, 0.717) is 0 Å². The summed E-state index contributed by atoms with van der Waals surface area (Å²) in [6, 6.07) is -0.581. The summed E-state index contributed by atoms with van der Waals surface area (Å²) in [6.45, 7) is 8.85. The molecule has 0 aromatic heterocycles. The van der Waals surface area contributed by atoms with Crippen molar-refractivity contribution in [3.8, 4) is 0 Å². The molecule has 0 spiro atoms. The first kappa shape index (κ1) is 11.2. The second kappa shape index (κ2) is 3.29. The average molecular weight is 172 g/mol. The Kier molecular flexibility index (Phi) is 3.07. The van der Waals surface area contributed by atoms with E-state index in [2.05, 4.69) is 10.4 Å². The smallest absolute Gasteiger partial charge is 0.125 e. The summed E-state index contributed by atoms with van der Waals surface area (Å²) in [4.78, 5) is 20.9. The largest absolute Gasteiger partial charge is 0.150 e. The molecule has 70 valence electrons. The molecular weight excluding hydrogens is 156 g/mol. The van der Waals surface area contributed by atoms with Crippen LogP contribution in [0.4, 0.5) is 0 Å². The second-order valence-corrected chi connectivity index (χ2v) is 4.62. The number of nitroso groups, excluding NO2 is 2. The van der Waals surface area contributed by atoms with Crippen LogP contribution in [-0.2, 0) is 0 Å². The molecule has 0 rings (SSSR count). The monoisotopic (exact) mass is 172 g/mol. The maximum absolute atomic E-state index is 10.5. The summed E-state index contributed by atoms with van der Waals surface area (Å²) in [5, 5.41) is 5.87. The molecule has 0 aromatic rings. The van der Waals surface area contributed by atoms with Gasteiger partial charge in [-0.25, -0.2) is 0 Å². The Labute approximate surface area is 72.7 Å². The maximum atomic E-state index is 10.5. The fraction of sp³-hybridized carbons (Fsp3) is 1.00. The summed E-state index contributed by atoms with van der Waals surface area (Å²) in [5.74, 6) is 0. The molecule has 4 heteroatoms. The van der Waals surface area contributed by atoms with E-state index in [9.17, 15) is 9.81 Å². The summed E-state index contributed by atoms with van der Waals surface area (Å²) in [5.41, 5.74) is -1.24. The maximum Gasteiger partial charge on any atom is 0.125 e. The number of nitrogens with zero attached hydrogens (tertiary/aromatic N) is 2. The van der Waals surface area contributed by atoms with Crippen molar-refractivity contribution >= 4 is 0 Å². The lowest BCUT2D eigenvalue weighted by Gasteiger charge is -2.32. The van der Waals surface area contributed by atoms with Gasteiger partial charge in [0.25, 0.3) is 0 Å². The van der Waals surface area contributed by atoms with Gasteiger partial charge in [-0.3, -0.25) is 0 Å². The van der Waals surface area contributed by atoms with E-state index in [1.54, 1.807) is 13.8 Å². The summed E-state index contributed by atoms with van der Waals surface area (Å²) in [6.07, 6.45) is 0. The first-order valence-electron chi connectivity index (χ1n) is 3.92. The summed E-state index contributed by atoms with van der Waals surface area (Å²) in [7, 11) is 0. The number of rotatable bonds is 3. The van der Waals surface area contributed by atoms with Crippen molar-refractivity contribution in [3.05, 3.63) is 9.81 Å². The Bertz CT molecular complexity index is 182. The minimum Gasteiger partial charge on any atom is -0.150 e. The van der Waals surface area contributed by atoms with Gasteiger partial charge >= 0.3 is 0 Å². The molecule has 0 heterocycles. The van der Waals surface area contributed by atoms with Gasteiger partial charge in [0.2, 0.25) is 0 Å². The molecule has 0 fully saturated rings. The van der Waals surface area contributed by atoms with Gasteiger partial charge in [0.15, 0.2) is 0 Å². The average Bonchev–Trinajstić information content (AvgIpc) is 1.85. The molecule has 0 aliphatic rings. The molecule has 12 heavy (non-hydrogen) atoms. The van der Waals surface area contributed by atoms with Gasteiger partial charge in [-0.15, -0.1) is 0 Å². The highest BCUT2D eigenvalue weighted by atomic mass is 16.3. The molecule has 0 radical (unpaired) electrons. The third-order valence-corrected chi connectivity index (χ3v) is 1.83. The Morgan fingerprint density at radius 2 is 1.42 bits per heavy atom. The van der Waals surface area contributed by atoms with Crippen LogP contribution in [0, 0.1) is 15.2 Å². The van der Waals surface area contributed by atoms with E-state index in [1.807, 2.05) is 20.8 Å². The minimum absolute atomic E-state index is 0.320. The molecule has 0 bridgehead atoms. The Morgan fingerprint density at radius 3 is 1.50 bits per heavy atom. The van der Waals surface area contributed by atoms with Crippen LogP contribution in [0.3, 0.4) is 0 Å². The standard InChI is InChI=1S/C8H16N2O2/c1-7(2,3)6(9-11)8(4,5)10-12/h6H,1-5H3. The van der Waals surface area contributed by atoms with Crippen LogP contribution < -0.4 is 0 Å². The Morgan fingerprint density at radius 1 is 1.00 bits per heavy atom. The lowest BCUT2D eigenvalue weighted by Crippen LogP contribution is -2.41. The lowest BCUT2D eigenvalue weighted by molar-refractivity contribution is 0.230. The van der Waals surface area contributed by atoms with Crippen molar-refractivity contribution in [3.63, 3.8) is 0 Å². The van der Waals surface area contributed by atoms with Crippen LogP contribution in [0.5, 0.6) is 0 Å². The second-order valence-electron chi connectivity index (χ2n) is 4.62. The van der Waals surface area contributed by atoms with E-state index in [0.717, 1.165) is 0 Å². The highest BCUT2D eigenvalue weighted by molar-refractivity contribution is 4.97. The zero-order chi connectivity index (χ0) is 9.99. The van der Waals surface area contributed by atoms with E-state index in [1.165, 1.54) is 0 Å².